The molecule has 0 spiro atoms. The number of rotatable bonds is 5. The summed E-state index contributed by atoms with van der Waals surface area (Å²) < 4.78 is 0. The Bertz CT molecular complexity index is 1010. The Morgan fingerprint density at radius 3 is 2.96 bits per heavy atom. The van der Waals surface area contributed by atoms with Crippen LogP contribution in [0.25, 0.3) is 0 Å². The molecule has 1 unspecified atom stereocenters. The molecular formula is C21H20Cl2N2OS2. The zero-order chi connectivity index (χ0) is 19.7. The van der Waals surface area contributed by atoms with Crippen molar-refractivity contribution in [3.05, 3.63) is 66.3 Å². The van der Waals surface area contributed by atoms with E-state index in [4.69, 9.17) is 23.2 Å². The molecule has 3 nitrogen and oxygen atoms in total. The third kappa shape index (κ3) is 4.28. The smallest absolute Gasteiger partial charge is 0.258 e. The van der Waals surface area contributed by atoms with Crippen molar-refractivity contribution in [3.63, 3.8) is 0 Å². The molecule has 0 radical (unpaired) electrons. The summed E-state index contributed by atoms with van der Waals surface area (Å²) in [6.07, 6.45) is 6.99. The fourth-order valence-corrected chi connectivity index (χ4v) is 5.94. The van der Waals surface area contributed by atoms with E-state index < -0.39 is 0 Å². The topological polar surface area (TPSA) is 42.0 Å². The number of thiophene rings is 1. The number of aromatic nitrogens is 1. The molecule has 0 saturated heterocycles. The Hall–Kier alpha value is -1.40. The average molecular weight is 451 g/mol. The third-order valence-electron chi connectivity index (χ3n) is 5.22. The van der Waals surface area contributed by atoms with Crippen LogP contribution in [0.3, 0.4) is 0 Å². The van der Waals surface area contributed by atoms with Crippen LogP contribution in [-0.4, -0.2) is 10.9 Å². The maximum Gasteiger partial charge on any atom is 0.258 e. The molecule has 0 saturated carbocycles. The van der Waals surface area contributed by atoms with Gasteiger partial charge in [-0.3, -0.25) is 10.1 Å². The number of fused-ring (bicyclic) bond motifs is 1. The molecule has 3 aromatic rings. The third-order valence-corrected chi connectivity index (χ3v) is 7.92. The largest absolute Gasteiger partial charge is 0.298 e. The van der Waals surface area contributed by atoms with Crippen molar-refractivity contribution in [1.82, 2.24) is 4.98 Å². The minimum atomic E-state index is -0.0529. The van der Waals surface area contributed by atoms with Crippen LogP contribution in [0.5, 0.6) is 0 Å². The van der Waals surface area contributed by atoms with Gasteiger partial charge >= 0.3 is 0 Å². The zero-order valence-corrected chi connectivity index (χ0v) is 18.6. The van der Waals surface area contributed by atoms with Gasteiger partial charge in [0, 0.05) is 27.8 Å². The Balaban J connectivity index is 1.43. The lowest BCUT2D eigenvalue weighted by Crippen LogP contribution is -2.17. The standard InChI is InChI=1S/C21H20Cl2N2OS2/c1-2-12-3-5-15-16(11-27-19(15)9-12)20(26)25-21-24-10-14(28-21)7-13-4-6-17(22)18(23)8-13/h4,6,8,10-12H,2-3,5,7,9H2,1H3,(H,24,25,26). The predicted octanol–water partition coefficient (Wildman–Crippen LogP) is 6.87. The lowest BCUT2D eigenvalue weighted by Gasteiger charge is -2.21. The highest BCUT2D eigenvalue weighted by atomic mass is 35.5. The number of amides is 1. The maximum atomic E-state index is 12.8. The Morgan fingerprint density at radius 1 is 1.32 bits per heavy atom. The van der Waals surface area contributed by atoms with E-state index in [1.165, 1.54) is 34.6 Å². The van der Waals surface area contributed by atoms with E-state index in [1.807, 2.05) is 17.5 Å². The second-order valence-corrected chi connectivity index (χ2v) is 9.97. The second-order valence-electron chi connectivity index (χ2n) is 7.08. The SMILES string of the molecule is CCC1CCc2c(C(=O)Nc3ncc(Cc4ccc(Cl)c(Cl)c4)s3)csc2C1. The molecule has 4 rings (SSSR count). The molecule has 2 heterocycles. The minimum Gasteiger partial charge on any atom is -0.298 e. The Labute approximate surface area is 182 Å². The fraction of sp³-hybridized carbons (Fsp3) is 0.333. The van der Waals surface area contributed by atoms with Crippen molar-refractivity contribution in [1.29, 1.82) is 0 Å². The summed E-state index contributed by atoms with van der Waals surface area (Å²) in [7, 11) is 0. The first-order chi connectivity index (χ1) is 13.5. The van der Waals surface area contributed by atoms with Gasteiger partial charge in [-0.1, -0.05) is 42.6 Å². The Morgan fingerprint density at radius 2 is 2.18 bits per heavy atom. The van der Waals surface area contributed by atoms with Gasteiger partial charge in [0.15, 0.2) is 5.13 Å². The lowest BCUT2D eigenvalue weighted by atomic mass is 9.86. The molecule has 146 valence electrons. The summed E-state index contributed by atoms with van der Waals surface area (Å²) in [6.45, 7) is 2.24. The van der Waals surface area contributed by atoms with Crippen LogP contribution in [0, 0.1) is 5.92 Å². The summed E-state index contributed by atoms with van der Waals surface area (Å²) in [6, 6.07) is 5.61. The highest BCUT2D eigenvalue weighted by molar-refractivity contribution is 7.15. The van der Waals surface area contributed by atoms with Gasteiger partial charge in [-0.2, -0.15) is 0 Å². The van der Waals surface area contributed by atoms with E-state index in [9.17, 15) is 4.79 Å². The van der Waals surface area contributed by atoms with E-state index in [-0.39, 0.29) is 5.91 Å². The normalized spacial score (nSPS) is 16.0. The highest BCUT2D eigenvalue weighted by Crippen LogP contribution is 2.35. The van der Waals surface area contributed by atoms with Gasteiger partial charge in [0.05, 0.1) is 15.6 Å². The monoisotopic (exact) mass is 450 g/mol. The highest BCUT2D eigenvalue weighted by Gasteiger charge is 2.24. The quantitative estimate of drug-likeness (QED) is 0.460. The van der Waals surface area contributed by atoms with Crippen LogP contribution >= 0.6 is 45.9 Å². The van der Waals surface area contributed by atoms with Crippen LogP contribution < -0.4 is 5.32 Å². The summed E-state index contributed by atoms with van der Waals surface area (Å²) in [5, 5.41) is 6.70. The number of carbonyl (C=O) groups is 1. The molecule has 2 aromatic heterocycles. The van der Waals surface area contributed by atoms with Crippen molar-refractivity contribution in [2.45, 2.75) is 39.0 Å². The number of carbonyl (C=O) groups excluding carboxylic acids is 1. The van der Waals surface area contributed by atoms with Crippen LogP contribution in [0.1, 0.15) is 51.0 Å². The number of nitrogens with one attached hydrogen (secondary N) is 1. The molecule has 1 aliphatic rings. The van der Waals surface area contributed by atoms with E-state index in [2.05, 4.69) is 17.2 Å². The van der Waals surface area contributed by atoms with Crippen molar-refractivity contribution in [3.8, 4) is 0 Å². The molecule has 1 aliphatic carbocycles. The van der Waals surface area contributed by atoms with E-state index in [0.717, 1.165) is 34.8 Å². The average Bonchev–Trinajstić information content (AvgIpc) is 3.30. The minimum absolute atomic E-state index is 0.0529. The number of halogens is 2. The van der Waals surface area contributed by atoms with Crippen LogP contribution in [0.4, 0.5) is 5.13 Å². The number of benzene rings is 1. The summed E-state index contributed by atoms with van der Waals surface area (Å²) in [4.78, 5) is 19.6. The fourth-order valence-electron chi connectivity index (χ4n) is 3.58. The van der Waals surface area contributed by atoms with Crippen molar-refractivity contribution in [2.24, 2.45) is 5.92 Å². The van der Waals surface area contributed by atoms with Crippen molar-refractivity contribution >= 4 is 56.9 Å². The first-order valence-electron chi connectivity index (χ1n) is 9.32. The first-order valence-corrected chi connectivity index (χ1v) is 11.8. The molecule has 1 aromatic carbocycles. The number of nitrogens with zero attached hydrogens (tertiary/aromatic N) is 1. The molecule has 1 N–H and O–H groups in total. The van der Waals surface area contributed by atoms with Crippen LogP contribution in [0.2, 0.25) is 10.0 Å². The van der Waals surface area contributed by atoms with E-state index in [0.29, 0.717) is 21.6 Å². The van der Waals surface area contributed by atoms with Crippen molar-refractivity contribution in [2.75, 3.05) is 5.32 Å². The van der Waals surface area contributed by atoms with Gasteiger partial charge in [-0.25, -0.2) is 4.98 Å². The van der Waals surface area contributed by atoms with E-state index in [1.54, 1.807) is 23.6 Å². The number of hydrogen-bond donors (Lipinski definition) is 1. The Kier molecular flexibility index (Phi) is 6.07. The van der Waals surface area contributed by atoms with Gasteiger partial charge in [0.25, 0.3) is 5.91 Å². The van der Waals surface area contributed by atoms with Gasteiger partial charge in [-0.05, 0) is 48.4 Å². The number of anilines is 1. The molecule has 0 fully saturated rings. The second kappa shape index (κ2) is 8.54. The van der Waals surface area contributed by atoms with Crippen molar-refractivity contribution < 1.29 is 4.79 Å². The van der Waals surface area contributed by atoms with Crippen LogP contribution in [-0.2, 0) is 19.3 Å². The number of thiazole rings is 1. The molecule has 7 heteroatoms. The predicted molar refractivity (Wildman–Crippen MR) is 119 cm³/mol. The number of hydrogen-bond acceptors (Lipinski definition) is 4. The molecule has 28 heavy (non-hydrogen) atoms. The lowest BCUT2D eigenvalue weighted by molar-refractivity contribution is 0.102. The summed E-state index contributed by atoms with van der Waals surface area (Å²) in [5.41, 5.74) is 3.11. The van der Waals surface area contributed by atoms with Gasteiger partial charge < -0.3 is 0 Å². The zero-order valence-electron chi connectivity index (χ0n) is 15.4. The van der Waals surface area contributed by atoms with E-state index >= 15 is 0 Å². The maximum absolute atomic E-state index is 12.8. The molecule has 1 amide bonds. The van der Waals surface area contributed by atoms with Crippen LogP contribution in [0.15, 0.2) is 29.8 Å². The van der Waals surface area contributed by atoms with Gasteiger partial charge in [0.1, 0.15) is 0 Å². The molecule has 0 aliphatic heterocycles. The molecule has 0 bridgehead atoms. The van der Waals surface area contributed by atoms with Gasteiger partial charge in [-0.15, -0.1) is 22.7 Å². The summed E-state index contributed by atoms with van der Waals surface area (Å²) >= 11 is 15.3. The molecule has 1 atom stereocenters. The molecular weight excluding hydrogens is 431 g/mol. The summed E-state index contributed by atoms with van der Waals surface area (Å²) in [5.74, 6) is 0.702. The van der Waals surface area contributed by atoms with Gasteiger partial charge in [0.2, 0.25) is 0 Å². The first kappa shape index (κ1) is 19.9.